The van der Waals surface area contributed by atoms with Gasteiger partial charge in [0.05, 0.1) is 0 Å². The van der Waals surface area contributed by atoms with E-state index in [0.29, 0.717) is 12.4 Å². The van der Waals surface area contributed by atoms with E-state index in [1.807, 2.05) is 14.0 Å². The number of hydrogen-bond donors (Lipinski definition) is 1. The molecule has 1 aromatic heterocycles. The number of likely N-dealkylation sites (N-methyl/N-ethyl adjacent to an activating group) is 1. The molecule has 0 aliphatic heterocycles. The van der Waals surface area contributed by atoms with Gasteiger partial charge in [0.2, 0.25) is 0 Å². The normalized spacial score (nSPS) is 11.9. The summed E-state index contributed by atoms with van der Waals surface area (Å²) in [7, 11) is 1.96. The van der Waals surface area contributed by atoms with Gasteiger partial charge in [-0.15, -0.1) is 10.2 Å². The number of rotatable bonds is 5. The summed E-state index contributed by atoms with van der Waals surface area (Å²) < 4.78 is 36.6. The zero-order valence-corrected chi connectivity index (χ0v) is 9.75. The molecule has 1 aromatic rings. The maximum Gasteiger partial charge on any atom is 0.435 e. The standard InChI is InChI=1S/C10H15F3N4/c1-3-17(2)7-6-14-9-5-4-8(15-16-9)10(11,12)13/h4-5H,3,6-7H2,1-2H3,(H,14,16). The maximum atomic E-state index is 12.2. The molecule has 7 heteroatoms. The van der Waals surface area contributed by atoms with Gasteiger partial charge >= 0.3 is 6.18 Å². The topological polar surface area (TPSA) is 41.0 Å². The van der Waals surface area contributed by atoms with Crippen molar-refractivity contribution in [2.75, 3.05) is 32.0 Å². The van der Waals surface area contributed by atoms with E-state index in [2.05, 4.69) is 20.4 Å². The molecule has 0 spiro atoms. The van der Waals surface area contributed by atoms with Gasteiger partial charge in [-0.2, -0.15) is 13.2 Å². The smallest absolute Gasteiger partial charge is 0.367 e. The number of nitrogens with one attached hydrogen (secondary N) is 1. The van der Waals surface area contributed by atoms with Crippen LogP contribution >= 0.6 is 0 Å². The van der Waals surface area contributed by atoms with Gasteiger partial charge in [0.15, 0.2) is 5.69 Å². The van der Waals surface area contributed by atoms with Crippen molar-refractivity contribution in [2.24, 2.45) is 0 Å². The molecule has 0 saturated carbocycles. The van der Waals surface area contributed by atoms with Crippen LogP contribution in [0.15, 0.2) is 12.1 Å². The highest BCUT2D eigenvalue weighted by Crippen LogP contribution is 2.26. The van der Waals surface area contributed by atoms with Crippen molar-refractivity contribution >= 4 is 5.82 Å². The van der Waals surface area contributed by atoms with Crippen LogP contribution in [0.4, 0.5) is 19.0 Å². The Hall–Kier alpha value is -1.37. The number of hydrogen-bond acceptors (Lipinski definition) is 4. The number of halogens is 3. The Morgan fingerprint density at radius 1 is 1.29 bits per heavy atom. The fraction of sp³-hybridized carbons (Fsp3) is 0.600. The first kappa shape index (κ1) is 13.7. The third kappa shape index (κ3) is 4.56. The molecular weight excluding hydrogens is 233 g/mol. The van der Waals surface area contributed by atoms with Gasteiger partial charge in [-0.3, -0.25) is 0 Å². The second kappa shape index (κ2) is 5.81. The Morgan fingerprint density at radius 3 is 2.47 bits per heavy atom. The Kier molecular flexibility index (Phi) is 4.68. The van der Waals surface area contributed by atoms with Crippen molar-refractivity contribution in [1.29, 1.82) is 0 Å². The minimum atomic E-state index is -4.44. The summed E-state index contributed by atoms with van der Waals surface area (Å²) in [5.41, 5.74) is -0.978. The van der Waals surface area contributed by atoms with Crippen molar-refractivity contribution in [3.05, 3.63) is 17.8 Å². The molecule has 0 amide bonds. The average molecular weight is 248 g/mol. The highest BCUT2D eigenvalue weighted by molar-refractivity contribution is 5.33. The monoisotopic (exact) mass is 248 g/mol. The van der Waals surface area contributed by atoms with E-state index in [1.165, 1.54) is 6.07 Å². The minimum Gasteiger partial charge on any atom is -0.367 e. The first-order chi connectivity index (χ1) is 7.93. The van der Waals surface area contributed by atoms with Gasteiger partial charge in [-0.05, 0) is 25.7 Å². The van der Waals surface area contributed by atoms with Crippen molar-refractivity contribution < 1.29 is 13.2 Å². The van der Waals surface area contributed by atoms with Gasteiger partial charge in [-0.1, -0.05) is 6.92 Å². The fourth-order valence-electron chi connectivity index (χ4n) is 1.11. The third-order valence-corrected chi connectivity index (χ3v) is 2.29. The van der Waals surface area contributed by atoms with E-state index in [1.54, 1.807) is 0 Å². The molecule has 0 aliphatic carbocycles. The molecule has 1 N–H and O–H groups in total. The quantitative estimate of drug-likeness (QED) is 0.863. The SMILES string of the molecule is CCN(C)CCNc1ccc(C(F)(F)F)nn1. The molecule has 0 fully saturated rings. The number of alkyl halides is 3. The van der Waals surface area contributed by atoms with Crippen LogP contribution in [-0.2, 0) is 6.18 Å². The molecule has 0 aliphatic rings. The molecule has 1 heterocycles. The highest BCUT2D eigenvalue weighted by Gasteiger charge is 2.32. The van der Waals surface area contributed by atoms with Crippen LogP contribution in [0.5, 0.6) is 0 Å². The van der Waals surface area contributed by atoms with Crippen molar-refractivity contribution in [3.63, 3.8) is 0 Å². The Morgan fingerprint density at radius 2 is 2.00 bits per heavy atom. The first-order valence-corrected chi connectivity index (χ1v) is 5.27. The first-order valence-electron chi connectivity index (χ1n) is 5.27. The predicted molar refractivity (Wildman–Crippen MR) is 58.7 cm³/mol. The molecular formula is C10H15F3N4. The summed E-state index contributed by atoms with van der Waals surface area (Å²) >= 11 is 0. The summed E-state index contributed by atoms with van der Waals surface area (Å²) in [6, 6.07) is 2.20. The van der Waals surface area contributed by atoms with Crippen LogP contribution in [-0.4, -0.2) is 41.8 Å². The average Bonchev–Trinajstić information content (AvgIpc) is 2.28. The molecule has 0 saturated heterocycles. The van der Waals surface area contributed by atoms with Crippen molar-refractivity contribution in [2.45, 2.75) is 13.1 Å². The molecule has 4 nitrogen and oxygen atoms in total. The molecule has 1 rings (SSSR count). The minimum absolute atomic E-state index is 0.350. The van der Waals surface area contributed by atoms with Crippen molar-refractivity contribution in [3.8, 4) is 0 Å². The molecule has 0 bridgehead atoms. The Balaban J connectivity index is 2.46. The summed E-state index contributed by atoms with van der Waals surface area (Å²) in [5.74, 6) is 0.350. The van der Waals surface area contributed by atoms with E-state index in [0.717, 1.165) is 19.2 Å². The zero-order valence-electron chi connectivity index (χ0n) is 9.75. The van der Waals surface area contributed by atoms with Gasteiger partial charge in [0.1, 0.15) is 5.82 Å². The summed E-state index contributed by atoms with van der Waals surface area (Å²) in [6.45, 7) is 4.35. The lowest BCUT2D eigenvalue weighted by molar-refractivity contribution is -0.141. The van der Waals surface area contributed by atoms with E-state index in [9.17, 15) is 13.2 Å². The lowest BCUT2D eigenvalue weighted by Crippen LogP contribution is -2.25. The summed E-state index contributed by atoms with van der Waals surface area (Å²) in [4.78, 5) is 2.07. The molecule has 17 heavy (non-hydrogen) atoms. The van der Waals surface area contributed by atoms with Crippen molar-refractivity contribution in [1.82, 2.24) is 15.1 Å². The highest BCUT2D eigenvalue weighted by atomic mass is 19.4. The molecule has 0 atom stereocenters. The Bertz CT molecular complexity index is 336. The van der Waals surface area contributed by atoms with E-state index in [4.69, 9.17) is 0 Å². The van der Waals surface area contributed by atoms with E-state index in [-0.39, 0.29) is 0 Å². The third-order valence-electron chi connectivity index (χ3n) is 2.29. The van der Waals surface area contributed by atoms with Gasteiger partial charge < -0.3 is 10.2 Å². The Labute approximate surface area is 97.8 Å². The molecule has 0 unspecified atom stereocenters. The largest absolute Gasteiger partial charge is 0.435 e. The van der Waals surface area contributed by atoms with E-state index >= 15 is 0 Å². The molecule has 0 aromatic carbocycles. The van der Waals surface area contributed by atoms with Crippen LogP contribution in [0.2, 0.25) is 0 Å². The van der Waals surface area contributed by atoms with Crippen LogP contribution in [0.25, 0.3) is 0 Å². The predicted octanol–water partition coefficient (Wildman–Crippen LogP) is 1.86. The molecule has 96 valence electrons. The van der Waals surface area contributed by atoms with Crippen LogP contribution in [0, 0.1) is 0 Å². The van der Waals surface area contributed by atoms with E-state index < -0.39 is 11.9 Å². The van der Waals surface area contributed by atoms with Crippen LogP contribution in [0.1, 0.15) is 12.6 Å². The fourth-order valence-corrected chi connectivity index (χ4v) is 1.11. The lowest BCUT2D eigenvalue weighted by atomic mass is 10.4. The maximum absolute atomic E-state index is 12.2. The summed E-state index contributed by atoms with van der Waals surface area (Å²) in [6.07, 6.45) is -4.44. The molecule has 0 radical (unpaired) electrons. The lowest BCUT2D eigenvalue weighted by Gasteiger charge is -2.14. The summed E-state index contributed by atoms with van der Waals surface area (Å²) in [5, 5.41) is 9.49. The van der Waals surface area contributed by atoms with Crippen LogP contribution < -0.4 is 5.32 Å². The van der Waals surface area contributed by atoms with Crippen LogP contribution in [0.3, 0.4) is 0 Å². The number of nitrogens with zero attached hydrogens (tertiary/aromatic N) is 3. The second-order valence-electron chi connectivity index (χ2n) is 3.62. The number of aromatic nitrogens is 2. The second-order valence-corrected chi connectivity index (χ2v) is 3.62. The van der Waals surface area contributed by atoms with Gasteiger partial charge in [0, 0.05) is 13.1 Å². The van der Waals surface area contributed by atoms with Gasteiger partial charge in [-0.25, -0.2) is 0 Å². The van der Waals surface area contributed by atoms with Gasteiger partial charge in [0.25, 0.3) is 0 Å². The number of anilines is 1. The zero-order chi connectivity index (χ0) is 12.9.